The maximum Gasteiger partial charge on any atom is 0.236 e. The Balaban J connectivity index is 1.50. The molecule has 0 bridgehead atoms. The summed E-state index contributed by atoms with van der Waals surface area (Å²) in [5.74, 6) is 0.205. The minimum Gasteiger partial charge on any atom is -0.489 e. The van der Waals surface area contributed by atoms with Crippen LogP contribution in [0.1, 0.15) is 25.3 Å². The molecule has 1 saturated heterocycles. The quantitative estimate of drug-likeness (QED) is 0.658. The molecule has 2 aromatic carbocycles. The van der Waals surface area contributed by atoms with Gasteiger partial charge in [0.05, 0.1) is 12.0 Å². The first-order valence-electron chi connectivity index (χ1n) is 11.7. The molecule has 0 radical (unpaired) electrons. The van der Waals surface area contributed by atoms with Gasteiger partial charge in [-0.15, -0.1) is 0 Å². The molecular formula is C26H29FN4O3. The highest BCUT2D eigenvalue weighted by Gasteiger charge is 2.55. The number of carbonyl (C=O) groups is 2. The summed E-state index contributed by atoms with van der Waals surface area (Å²) in [4.78, 5) is 29.0. The van der Waals surface area contributed by atoms with Gasteiger partial charge in [0.15, 0.2) is 5.78 Å². The van der Waals surface area contributed by atoms with Gasteiger partial charge in [0, 0.05) is 33.1 Å². The number of nitrogens with zero attached hydrogens (tertiary/aromatic N) is 4. The third-order valence-corrected chi connectivity index (χ3v) is 7.26. The maximum atomic E-state index is 14.2. The van der Waals surface area contributed by atoms with E-state index in [1.165, 1.54) is 12.1 Å². The van der Waals surface area contributed by atoms with Crippen molar-refractivity contribution in [3.8, 4) is 5.75 Å². The van der Waals surface area contributed by atoms with E-state index in [1.807, 2.05) is 37.4 Å². The fourth-order valence-electron chi connectivity index (χ4n) is 5.49. The van der Waals surface area contributed by atoms with Crippen molar-refractivity contribution in [2.75, 3.05) is 44.8 Å². The number of ether oxygens (including phenoxy) is 1. The van der Waals surface area contributed by atoms with Crippen LogP contribution < -0.4 is 9.75 Å². The van der Waals surface area contributed by atoms with E-state index in [-0.39, 0.29) is 23.5 Å². The molecule has 3 aliphatic rings. The Morgan fingerprint density at radius 1 is 1.21 bits per heavy atom. The van der Waals surface area contributed by atoms with Crippen molar-refractivity contribution >= 4 is 23.1 Å². The van der Waals surface area contributed by atoms with Gasteiger partial charge in [-0.25, -0.2) is 4.39 Å². The Labute approximate surface area is 198 Å². The summed E-state index contributed by atoms with van der Waals surface area (Å²) in [6, 6.07) is 14.1. The Hall–Kier alpha value is -3.26. The molecule has 2 aromatic rings. The zero-order valence-electron chi connectivity index (χ0n) is 19.5. The highest BCUT2D eigenvalue weighted by Crippen LogP contribution is 2.48. The molecule has 0 aliphatic carbocycles. The molecule has 0 aromatic heterocycles. The number of hydrazone groups is 1. The largest absolute Gasteiger partial charge is 0.489 e. The molecule has 0 spiro atoms. The molecule has 1 unspecified atom stereocenters. The first kappa shape index (κ1) is 22.5. The van der Waals surface area contributed by atoms with Gasteiger partial charge in [-0.2, -0.15) is 5.10 Å². The second-order valence-electron chi connectivity index (χ2n) is 9.32. The smallest absolute Gasteiger partial charge is 0.236 e. The van der Waals surface area contributed by atoms with E-state index in [0.29, 0.717) is 36.7 Å². The summed E-state index contributed by atoms with van der Waals surface area (Å²) >= 11 is 0. The summed E-state index contributed by atoms with van der Waals surface area (Å²) in [6.45, 7) is 4.59. The van der Waals surface area contributed by atoms with Gasteiger partial charge in [-0.1, -0.05) is 30.3 Å². The predicted molar refractivity (Wildman–Crippen MR) is 128 cm³/mol. The number of fused-ring (bicyclic) bond motifs is 3. The zero-order chi connectivity index (χ0) is 23.9. The van der Waals surface area contributed by atoms with Gasteiger partial charge in [-0.3, -0.25) is 19.5 Å². The number of amides is 1. The number of benzene rings is 2. The predicted octanol–water partition coefficient (Wildman–Crippen LogP) is 2.84. The molecule has 3 aliphatic heterocycles. The maximum absolute atomic E-state index is 14.2. The van der Waals surface area contributed by atoms with Crippen LogP contribution in [0.3, 0.4) is 0 Å². The SMILES string of the molecule is CC(=O)C1=NN2c3cc(F)ccc3OCC2[C@]1(CCCN1CCN(C)C(=O)C1)c1ccccc1. The molecule has 0 N–H and O–H groups in total. The topological polar surface area (TPSA) is 65.5 Å². The number of piperazine rings is 1. The molecular weight excluding hydrogens is 435 g/mol. The van der Waals surface area contributed by atoms with Crippen molar-refractivity contribution in [2.45, 2.75) is 31.2 Å². The van der Waals surface area contributed by atoms with E-state index in [2.05, 4.69) is 4.90 Å². The average Bonchev–Trinajstić information content (AvgIpc) is 3.18. The Kier molecular flexibility index (Phi) is 5.85. The first-order chi connectivity index (χ1) is 16.4. The summed E-state index contributed by atoms with van der Waals surface area (Å²) in [5, 5.41) is 6.57. The number of halogens is 1. The molecule has 3 heterocycles. The zero-order valence-corrected chi connectivity index (χ0v) is 19.5. The fourth-order valence-corrected chi connectivity index (χ4v) is 5.49. The number of rotatable bonds is 6. The summed E-state index contributed by atoms with van der Waals surface area (Å²) < 4.78 is 20.2. The highest BCUT2D eigenvalue weighted by atomic mass is 19.1. The minimum atomic E-state index is -0.701. The number of hydrogen-bond donors (Lipinski definition) is 0. The van der Waals surface area contributed by atoms with Crippen LogP contribution in [0.4, 0.5) is 10.1 Å². The molecule has 8 heteroatoms. The van der Waals surface area contributed by atoms with E-state index in [1.54, 1.807) is 22.9 Å². The molecule has 1 amide bonds. The number of likely N-dealkylation sites (N-methyl/N-ethyl adjacent to an activating group) is 1. The number of carbonyl (C=O) groups excluding carboxylic acids is 2. The third kappa shape index (κ3) is 3.76. The Morgan fingerprint density at radius 2 is 2.00 bits per heavy atom. The summed E-state index contributed by atoms with van der Waals surface area (Å²) in [6.07, 6.45) is 1.43. The Morgan fingerprint density at radius 3 is 2.74 bits per heavy atom. The van der Waals surface area contributed by atoms with Crippen LogP contribution >= 0.6 is 0 Å². The number of anilines is 1. The minimum absolute atomic E-state index is 0.106. The van der Waals surface area contributed by atoms with Gasteiger partial charge in [-0.05, 0) is 37.1 Å². The van der Waals surface area contributed by atoms with Crippen molar-refractivity contribution in [2.24, 2.45) is 5.10 Å². The van der Waals surface area contributed by atoms with Crippen LogP contribution in [0.5, 0.6) is 5.75 Å². The van der Waals surface area contributed by atoms with Gasteiger partial charge in [0.1, 0.15) is 35.6 Å². The van der Waals surface area contributed by atoms with E-state index < -0.39 is 5.41 Å². The summed E-state index contributed by atoms with van der Waals surface area (Å²) in [5.41, 5.74) is 1.30. The normalized spacial score (nSPS) is 24.4. The standard InChI is InChI=1S/C26H29FN4O3/c1-18(32)25-26(19-7-4-3-5-8-19,11-6-12-30-14-13-29(2)24(33)16-30)23-17-34-22-10-9-20(27)15-21(22)31(23)28-25/h3-5,7-10,15,23H,6,11-14,16-17H2,1-2H3/t23?,26-/m0/s1. The molecule has 34 heavy (non-hydrogen) atoms. The second kappa shape index (κ2) is 8.83. The molecule has 178 valence electrons. The molecule has 2 atom stereocenters. The number of Topliss-reactive ketones (excluding diaryl/α,β-unsaturated/α-hetero) is 1. The van der Waals surface area contributed by atoms with E-state index >= 15 is 0 Å². The van der Waals surface area contributed by atoms with Gasteiger partial charge >= 0.3 is 0 Å². The van der Waals surface area contributed by atoms with Gasteiger partial charge < -0.3 is 9.64 Å². The van der Waals surface area contributed by atoms with Crippen LogP contribution in [0.2, 0.25) is 0 Å². The van der Waals surface area contributed by atoms with Crippen LogP contribution in [-0.4, -0.2) is 73.1 Å². The monoisotopic (exact) mass is 464 g/mol. The first-order valence-corrected chi connectivity index (χ1v) is 11.7. The van der Waals surface area contributed by atoms with Gasteiger partial charge in [0.2, 0.25) is 5.91 Å². The van der Waals surface area contributed by atoms with Crippen molar-refractivity contribution in [3.63, 3.8) is 0 Å². The lowest BCUT2D eigenvalue weighted by Gasteiger charge is -2.42. The lowest BCUT2D eigenvalue weighted by molar-refractivity contribution is -0.134. The average molecular weight is 465 g/mol. The van der Waals surface area contributed by atoms with Crippen LogP contribution in [0.15, 0.2) is 53.6 Å². The van der Waals surface area contributed by atoms with Crippen LogP contribution in [0, 0.1) is 5.82 Å². The molecule has 7 nitrogen and oxygen atoms in total. The van der Waals surface area contributed by atoms with Crippen molar-refractivity contribution in [3.05, 3.63) is 59.9 Å². The second-order valence-corrected chi connectivity index (χ2v) is 9.32. The Bertz CT molecular complexity index is 1140. The van der Waals surface area contributed by atoms with Crippen molar-refractivity contribution < 1.29 is 18.7 Å². The van der Waals surface area contributed by atoms with Crippen LogP contribution in [0.25, 0.3) is 0 Å². The third-order valence-electron chi connectivity index (χ3n) is 7.26. The van der Waals surface area contributed by atoms with Crippen molar-refractivity contribution in [1.82, 2.24) is 9.80 Å². The fraction of sp³-hybridized carbons (Fsp3) is 0.423. The van der Waals surface area contributed by atoms with E-state index in [9.17, 15) is 14.0 Å². The summed E-state index contributed by atoms with van der Waals surface area (Å²) in [7, 11) is 1.83. The highest BCUT2D eigenvalue weighted by molar-refractivity contribution is 6.43. The molecule has 0 saturated carbocycles. The van der Waals surface area contributed by atoms with Crippen molar-refractivity contribution in [1.29, 1.82) is 0 Å². The number of ketones is 1. The van der Waals surface area contributed by atoms with E-state index in [4.69, 9.17) is 9.84 Å². The lowest BCUT2D eigenvalue weighted by atomic mass is 9.67. The number of hydrogen-bond acceptors (Lipinski definition) is 6. The van der Waals surface area contributed by atoms with E-state index in [0.717, 1.165) is 31.6 Å². The lowest BCUT2D eigenvalue weighted by Crippen LogP contribution is -2.54. The molecule has 1 fully saturated rings. The molecule has 5 rings (SSSR count). The van der Waals surface area contributed by atoms with Gasteiger partial charge in [0.25, 0.3) is 0 Å². The van der Waals surface area contributed by atoms with Crippen LogP contribution in [-0.2, 0) is 15.0 Å².